The van der Waals surface area contributed by atoms with Crippen molar-refractivity contribution in [3.05, 3.63) is 35.8 Å². The van der Waals surface area contributed by atoms with Gasteiger partial charge in [0.05, 0.1) is 5.69 Å². The van der Waals surface area contributed by atoms with Gasteiger partial charge in [0.25, 0.3) is 0 Å². The van der Waals surface area contributed by atoms with E-state index in [4.69, 9.17) is 4.74 Å². The monoisotopic (exact) mass is 216 g/mol. The first-order chi connectivity index (χ1) is 7.83. The van der Waals surface area contributed by atoms with E-state index in [2.05, 4.69) is 40.8 Å². The van der Waals surface area contributed by atoms with E-state index in [1.807, 2.05) is 0 Å². The van der Waals surface area contributed by atoms with E-state index in [9.17, 15) is 0 Å². The molecule has 84 valence electrons. The number of ether oxygens (including phenoxy) is 1. The summed E-state index contributed by atoms with van der Waals surface area (Å²) >= 11 is 0. The smallest absolute Gasteiger partial charge is 0.136 e. The highest BCUT2D eigenvalue weighted by atomic mass is 16.5. The molecule has 0 aliphatic carbocycles. The van der Waals surface area contributed by atoms with Crippen molar-refractivity contribution in [1.29, 1.82) is 0 Å². The van der Waals surface area contributed by atoms with E-state index < -0.39 is 0 Å². The highest BCUT2D eigenvalue weighted by Crippen LogP contribution is 2.26. The molecule has 3 nitrogen and oxygen atoms in total. The zero-order valence-electron chi connectivity index (χ0n) is 9.52. The van der Waals surface area contributed by atoms with Crippen molar-refractivity contribution in [3.63, 3.8) is 0 Å². The van der Waals surface area contributed by atoms with Crippen molar-refractivity contribution in [2.75, 3.05) is 13.2 Å². The SMILES string of the molecule is Cc1ccc2nc(C3CCOCC3)cn2c1. The average molecular weight is 216 g/mol. The molecule has 0 radical (unpaired) electrons. The van der Waals surface area contributed by atoms with Crippen LogP contribution in [-0.2, 0) is 4.74 Å². The fraction of sp³-hybridized carbons (Fsp3) is 0.462. The van der Waals surface area contributed by atoms with E-state index >= 15 is 0 Å². The Morgan fingerprint density at radius 2 is 2.06 bits per heavy atom. The summed E-state index contributed by atoms with van der Waals surface area (Å²) in [6, 6.07) is 4.19. The lowest BCUT2D eigenvalue weighted by atomic mass is 9.97. The quantitative estimate of drug-likeness (QED) is 0.732. The lowest BCUT2D eigenvalue weighted by Crippen LogP contribution is -2.14. The summed E-state index contributed by atoms with van der Waals surface area (Å²) < 4.78 is 7.50. The molecular weight excluding hydrogens is 200 g/mol. The Morgan fingerprint density at radius 3 is 2.88 bits per heavy atom. The van der Waals surface area contributed by atoms with Crippen LogP contribution >= 0.6 is 0 Å². The van der Waals surface area contributed by atoms with Gasteiger partial charge in [0.15, 0.2) is 0 Å². The van der Waals surface area contributed by atoms with Crippen LogP contribution in [0.2, 0.25) is 0 Å². The molecule has 3 heterocycles. The fourth-order valence-electron chi connectivity index (χ4n) is 2.31. The van der Waals surface area contributed by atoms with Gasteiger partial charge in [-0.25, -0.2) is 4.98 Å². The molecule has 16 heavy (non-hydrogen) atoms. The Labute approximate surface area is 95.1 Å². The van der Waals surface area contributed by atoms with Crippen LogP contribution in [0.25, 0.3) is 5.65 Å². The molecule has 2 aromatic rings. The molecule has 0 saturated carbocycles. The van der Waals surface area contributed by atoms with E-state index in [0.717, 1.165) is 31.7 Å². The number of rotatable bonds is 1. The van der Waals surface area contributed by atoms with Crippen LogP contribution in [0.15, 0.2) is 24.5 Å². The van der Waals surface area contributed by atoms with Crippen molar-refractivity contribution >= 4 is 5.65 Å². The molecule has 3 heteroatoms. The maximum Gasteiger partial charge on any atom is 0.136 e. The molecule has 1 saturated heterocycles. The minimum Gasteiger partial charge on any atom is -0.381 e. The summed E-state index contributed by atoms with van der Waals surface area (Å²) in [5.74, 6) is 0.578. The van der Waals surface area contributed by atoms with Gasteiger partial charge in [0.1, 0.15) is 5.65 Å². The normalized spacial score (nSPS) is 18.1. The van der Waals surface area contributed by atoms with E-state index in [0.29, 0.717) is 5.92 Å². The maximum atomic E-state index is 5.38. The molecule has 0 bridgehead atoms. The summed E-state index contributed by atoms with van der Waals surface area (Å²) in [6.45, 7) is 3.85. The van der Waals surface area contributed by atoms with Gasteiger partial charge in [-0.05, 0) is 31.4 Å². The average Bonchev–Trinajstić information content (AvgIpc) is 2.73. The van der Waals surface area contributed by atoms with Crippen LogP contribution in [0, 0.1) is 6.92 Å². The number of fused-ring (bicyclic) bond motifs is 1. The fourth-order valence-corrected chi connectivity index (χ4v) is 2.31. The van der Waals surface area contributed by atoms with Crippen LogP contribution in [0.3, 0.4) is 0 Å². The minimum absolute atomic E-state index is 0.578. The van der Waals surface area contributed by atoms with Gasteiger partial charge >= 0.3 is 0 Å². The summed E-state index contributed by atoms with van der Waals surface area (Å²) in [4.78, 5) is 4.68. The number of nitrogens with zero attached hydrogens (tertiary/aromatic N) is 2. The molecule has 0 atom stereocenters. The zero-order chi connectivity index (χ0) is 11.0. The molecule has 1 aliphatic rings. The van der Waals surface area contributed by atoms with Crippen molar-refractivity contribution in [2.45, 2.75) is 25.7 Å². The first kappa shape index (κ1) is 9.85. The van der Waals surface area contributed by atoms with Crippen LogP contribution < -0.4 is 0 Å². The topological polar surface area (TPSA) is 26.5 Å². The predicted molar refractivity (Wildman–Crippen MR) is 62.7 cm³/mol. The first-order valence-electron chi connectivity index (χ1n) is 5.86. The van der Waals surface area contributed by atoms with Crippen molar-refractivity contribution in [1.82, 2.24) is 9.38 Å². The second-order valence-electron chi connectivity index (χ2n) is 4.52. The molecule has 2 aromatic heterocycles. The van der Waals surface area contributed by atoms with Gasteiger partial charge in [-0.15, -0.1) is 0 Å². The van der Waals surface area contributed by atoms with Gasteiger partial charge in [0, 0.05) is 31.5 Å². The third-order valence-electron chi connectivity index (χ3n) is 3.26. The number of hydrogen-bond donors (Lipinski definition) is 0. The Kier molecular flexibility index (Phi) is 2.40. The Morgan fingerprint density at radius 1 is 1.25 bits per heavy atom. The van der Waals surface area contributed by atoms with Crippen molar-refractivity contribution < 1.29 is 4.74 Å². The number of pyridine rings is 1. The van der Waals surface area contributed by atoms with Gasteiger partial charge in [-0.3, -0.25) is 0 Å². The van der Waals surface area contributed by atoms with Crippen LogP contribution in [0.4, 0.5) is 0 Å². The molecular formula is C13H16N2O. The highest BCUT2D eigenvalue weighted by Gasteiger charge is 2.18. The van der Waals surface area contributed by atoms with Gasteiger partial charge in [-0.1, -0.05) is 6.07 Å². The summed E-state index contributed by atoms with van der Waals surface area (Å²) in [5.41, 5.74) is 3.53. The van der Waals surface area contributed by atoms with Crippen LogP contribution in [0.1, 0.15) is 30.0 Å². The molecule has 0 aromatic carbocycles. The Balaban J connectivity index is 1.97. The molecule has 3 rings (SSSR count). The van der Waals surface area contributed by atoms with Gasteiger partial charge in [-0.2, -0.15) is 0 Å². The van der Waals surface area contributed by atoms with E-state index in [1.165, 1.54) is 11.3 Å². The van der Waals surface area contributed by atoms with Gasteiger partial charge in [0.2, 0.25) is 0 Å². The second kappa shape index (κ2) is 3.91. The van der Waals surface area contributed by atoms with E-state index in [-0.39, 0.29) is 0 Å². The van der Waals surface area contributed by atoms with E-state index in [1.54, 1.807) is 0 Å². The summed E-state index contributed by atoms with van der Waals surface area (Å²) in [6.07, 6.45) is 6.50. The maximum absolute atomic E-state index is 5.38. The largest absolute Gasteiger partial charge is 0.381 e. The minimum atomic E-state index is 0.578. The molecule has 0 unspecified atom stereocenters. The lowest BCUT2D eigenvalue weighted by molar-refractivity contribution is 0.0846. The summed E-state index contributed by atoms with van der Waals surface area (Å²) in [7, 11) is 0. The third-order valence-corrected chi connectivity index (χ3v) is 3.26. The van der Waals surface area contributed by atoms with Crippen molar-refractivity contribution in [2.24, 2.45) is 0 Å². The standard InChI is InChI=1S/C13H16N2O/c1-10-2-3-13-14-12(9-15(13)8-10)11-4-6-16-7-5-11/h2-3,8-9,11H,4-7H2,1H3. The first-order valence-corrected chi connectivity index (χ1v) is 5.86. The third kappa shape index (κ3) is 1.71. The number of hydrogen-bond acceptors (Lipinski definition) is 2. The zero-order valence-corrected chi connectivity index (χ0v) is 9.52. The second-order valence-corrected chi connectivity index (χ2v) is 4.52. The highest BCUT2D eigenvalue weighted by molar-refractivity contribution is 5.41. The molecule has 1 fully saturated rings. The molecule has 0 N–H and O–H groups in total. The summed E-state index contributed by atoms with van der Waals surface area (Å²) in [5, 5.41) is 0. The van der Waals surface area contributed by atoms with Crippen LogP contribution in [0.5, 0.6) is 0 Å². The molecule has 0 amide bonds. The van der Waals surface area contributed by atoms with Crippen LogP contribution in [-0.4, -0.2) is 22.6 Å². The Bertz CT molecular complexity index is 498. The lowest BCUT2D eigenvalue weighted by Gasteiger charge is -2.19. The molecule has 0 spiro atoms. The Hall–Kier alpha value is -1.35. The number of imidazole rings is 1. The number of aryl methyl sites for hydroxylation is 1. The number of aromatic nitrogens is 2. The predicted octanol–water partition coefficient (Wildman–Crippen LogP) is 2.54. The van der Waals surface area contributed by atoms with Gasteiger partial charge < -0.3 is 9.14 Å². The van der Waals surface area contributed by atoms with Crippen molar-refractivity contribution in [3.8, 4) is 0 Å². The molecule has 1 aliphatic heterocycles.